The first-order chi connectivity index (χ1) is 16.0. The smallest absolute Gasteiger partial charge is 0.270 e. The third-order valence-electron chi connectivity index (χ3n) is 5.26. The summed E-state index contributed by atoms with van der Waals surface area (Å²) in [6.07, 6.45) is 4.04. The molecule has 1 aliphatic heterocycles. The van der Waals surface area contributed by atoms with E-state index in [-0.39, 0.29) is 18.1 Å². The molecular weight excluding hydrogens is 444 g/mol. The number of hydrogen-bond donors (Lipinski definition) is 1. The fraction of sp³-hybridized carbons (Fsp3) is 0.318. The maximum absolute atomic E-state index is 12.6. The zero-order chi connectivity index (χ0) is 23.4. The molecule has 0 fully saturated rings. The maximum Gasteiger partial charge on any atom is 0.270 e. The maximum atomic E-state index is 12.6. The normalized spacial score (nSPS) is 12.6. The van der Waals surface area contributed by atoms with Gasteiger partial charge in [0.25, 0.3) is 11.8 Å². The van der Waals surface area contributed by atoms with Crippen LogP contribution in [0.5, 0.6) is 11.6 Å². The van der Waals surface area contributed by atoms with Crippen LogP contribution in [0.1, 0.15) is 21.1 Å². The molecule has 1 N–H and O–H groups in total. The molecule has 3 aromatic rings. The van der Waals surface area contributed by atoms with Gasteiger partial charge < -0.3 is 19.7 Å². The minimum absolute atomic E-state index is 0.139. The SMILES string of the molecule is COc1cc(N2CCc3nc(N(C)C(=O)CNC(=O)c4ccccn4)sc3C2)cnc1OC. The molecule has 11 heteroatoms. The lowest BCUT2D eigenvalue weighted by molar-refractivity contribution is -0.117. The number of nitrogens with zero attached hydrogens (tertiary/aromatic N) is 5. The average Bonchev–Trinajstić information content (AvgIpc) is 3.30. The highest BCUT2D eigenvalue weighted by molar-refractivity contribution is 7.16. The zero-order valence-corrected chi connectivity index (χ0v) is 19.4. The second kappa shape index (κ2) is 9.82. The van der Waals surface area contributed by atoms with Crippen LogP contribution in [0.2, 0.25) is 0 Å². The summed E-state index contributed by atoms with van der Waals surface area (Å²) in [5.74, 6) is 0.361. The van der Waals surface area contributed by atoms with Crippen molar-refractivity contribution in [3.05, 3.63) is 52.9 Å². The molecule has 0 unspecified atom stereocenters. The molecule has 0 aliphatic carbocycles. The van der Waals surface area contributed by atoms with Gasteiger partial charge in [-0.2, -0.15) is 0 Å². The average molecular weight is 469 g/mol. The summed E-state index contributed by atoms with van der Waals surface area (Å²) < 4.78 is 10.6. The van der Waals surface area contributed by atoms with Crippen molar-refractivity contribution >= 4 is 34.0 Å². The lowest BCUT2D eigenvalue weighted by Crippen LogP contribution is -2.38. The van der Waals surface area contributed by atoms with Gasteiger partial charge >= 0.3 is 0 Å². The monoisotopic (exact) mass is 468 g/mol. The van der Waals surface area contributed by atoms with E-state index in [4.69, 9.17) is 9.47 Å². The first-order valence-electron chi connectivity index (χ1n) is 10.3. The summed E-state index contributed by atoms with van der Waals surface area (Å²) in [4.78, 5) is 42.5. The molecule has 10 nitrogen and oxygen atoms in total. The van der Waals surface area contributed by atoms with E-state index in [1.54, 1.807) is 45.7 Å². The van der Waals surface area contributed by atoms with Gasteiger partial charge in [0, 0.05) is 37.2 Å². The van der Waals surface area contributed by atoms with Crippen molar-refractivity contribution in [1.29, 1.82) is 0 Å². The van der Waals surface area contributed by atoms with Gasteiger partial charge in [-0.05, 0) is 12.1 Å². The van der Waals surface area contributed by atoms with Gasteiger partial charge in [0.1, 0.15) is 5.69 Å². The fourth-order valence-electron chi connectivity index (χ4n) is 3.41. The zero-order valence-electron chi connectivity index (χ0n) is 18.6. The molecule has 33 heavy (non-hydrogen) atoms. The Bertz CT molecular complexity index is 1150. The Morgan fingerprint density at radius 3 is 2.82 bits per heavy atom. The Morgan fingerprint density at radius 2 is 2.09 bits per heavy atom. The predicted octanol–water partition coefficient (Wildman–Crippen LogP) is 1.91. The molecule has 172 valence electrons. The van der Waals surface area contributed by atoms with Gasteiger partial charge in [-0.25, -0.2) is 9.97 Å². The van der Waals surface area contributed by atoms with E-state index in [1.807, 2.05) is 6.07 Å². The molecule has 0 radical (unpaired) electrons. The van der Waals surface area contributed by atoms with Crippen LogP contribution in [0.3, 0.4) is 0 Å². The largest absolute Gasteiger partial charge is 0.491 e. The highest BCUT2D eigenvalue weighted by atomic mass is 32.1. The first kappa shape index (κ1) is 22.5. The third kappa shape index (κ3) is 4.87. The lowest BCUT2D eigenvalue weighted by atomic mass is 10.1. The standard InChI is InChI=1S/C22H24N6O4S/c1-27(19(29)12-24-20(30)16-6-4-5-8-23-16)22-26-15-7-9-28(13-18(15)33-22)14-10-17(31-2)21(32-3)25-11-14/h4-6,8,10-11H,7,9,12-13H2,1-3H3,(H,24,30). The van der Waals surface area contributed by atoms with Crippen LogP contribution in [0, 0.1) is 0 Å². The Morgan fingerprint density at radius 1 is 1.24 bits per heavy atom. The Hall–Kier alpha value is -3.73. The van der Waals surface area contributed by atoms with Gasteiger partial charge in [0.05, 0.1) is 44.9 Å². The summed E-state index contributed by atoms with van der Waals surface area (Å²) in [7, 11) is 4.80. The van der Waals surface area contributed by atoms with Crippen molar-refractivity contribution in [2.45, 2.75) is 13.0 Å². The minimum atomic E-state index is -0.394. The van der Waals surface area contributed by atoms with E-state index in [0.717, 1.165) is 29.2 Å². The molecule has 4 heterocycles. The molecule has 2 amide bonds. The van der Waals surface area contributed by atoms with E-state index in [1.165, 1.54) is 22.4 Å². The Balaban J connectivity index is 1.40. The summed E-state index contributed by atoms with van der Waals surface area (Å²) in [5.41, 5.74) is 2.18. The highest BCUT2D eigenvalue weighted by Crippen LogP contribution is 2.34. The second-order valence-corrected chi connectivity index (χ2v) is 8.36. The summed E-state index contributed by atoms with van der Waals surface area (Å²) in [6.45, 7) is 1.29. The Kier molecular flexibility index (Phi) is 6.68. The molecule has 0 aromatic carbocycles. The van der Waals surface area contributed by atoms with Crippen LogP contribution in [-0.4, -0.2) is 61.1 Å². The molecule has 0 bridgehead atoms. The number of anilines is 2. The lowest BCUT2D eigenvalue weighted by Gasteiger charge is -2.28. The molecule has 0 saturated heterocycles. The van der Waals surface area contributed by atoms with Gasteiger partial charge in [-0.15, -0.1) is 0 Å². The quantitative estimate of drug-likeness (QED) is 0.560. The number of likely N-dealkylation sites (N-methyl/N-ethyl adjacent to an activating group) is 1. The van der Waals surface area contributed by atoms with E-state index in [0.29, 0.717) is 23.3 Å². The number of nitrogens with one attached hydrogen (secondary N) is 1. The number of fused-ring (bicyclic) bond motifs is 1. The van der Waals surface area contributed by atoms with Crippen LogP contribution in [-0.2, 0) is 17.8 Å². The number of thiazole rings is 1. The van der Waals surface area contributed by atoms with Crippen molar-refractivity contribution in [2.24, 2.45) is 0 Å². The number of carbonyl (C=O) groups excluding carboxylic acids is 2. The predicted molar refractivity (Wildman–Crippen MR) is 124 cm³/mol. The minimum Gasteiger partial charge on any atom is -0.491 e. The van der Waals surface area contributed by atoms with Crippen LogP contribution in [0.15, 0.2) is 36.7 Å². The van der Waals surface area contributed by atoms with Crippen molar-refractivity contribution in [3.8, 4) is 11.6 Å². The van der Waals surface area contributed by atoms with E-state index in [2.05, 4.69) is 25.2 Å². The molecule has 4 rings (SSSR count). The number of hydrogen-bond acceptors (Lipinski definition) is 9. The molecule has 0 saturated carbocycles. The van der Waals surface area contributed by atoms with Crippen molar-refractivity contribution in [3.63, 3.8) is 0 Å². The number of rotatable bonds is 7. The van der Waals surface area contributed by atoms with E-state index in [9.17, 15) is 9.59 Å². The van der Waals surface area contributed by atoms with E-state index >= 15 is 0 Å². The number of carbonyl (C=O) groups is 2. The Labute approximate surface area is 195 Å². The van der Waals surface area contributed by atoms with Crippen LogP contribution < -0.4 is 24.6 Å². The summed E-state index contributed by atoms with van der Waals surface area (Å²) in [5, 5.41) is 3.21. The fourth-order valence-corrected chi connectivity index (χ4v) is 4.51. The topological polar surface area (TPSA) is 110 Å². The first-order valence-corrected chi connectivity index (χ1v) is 11.1. The second-order valence-electron chi connectivity index (χ2n) is 7.29. The molecule has 1 aliphatic rings. The summed E-state index contributed by atoms with van der Waals surface area (Å²) >= 11 is 1.47. The molecule has 3 aromatic heterocycles. The van der Waals surface area contributed by atoms with Gasteiger partial charge in [-0.3, -0.25) is 19.5 Å². The van der Waals surface area contributed by atoms with Crippen LogP contribution >= 0.6 is 11.3 Å². The third-order valence-corrected chi connectivity index (χ3v) is 6.42. The number of pyridine rings is 2. The highest BCUT2D eigenvalue weighted by Gasteiger charge is 2.25. The van der Waals surface area contributed by atoms with Gasteiger partial charge in [0.15, 0.2) is 10.9 Å². The van der Waals surface area contributed by atoms with Crippen molar-refractivity contribution < 1.29 is 19.1 Å². The number of aromatic nitrogens is 3. The van der Waals surface area contributed by atoms with Crippen molar-refractivity contribution in [1.82, 2.24) is 20.3 Å². The molecule has 0 spiro atoms. The van der Waals surface area contributed by atoms with Crippen molar-refractivity contribution in [2.75, 3.05) is 44.2 Å². The number of ether oxygens (including phenoxy) is 2. The number of methoxy groups -OCH3 is 2. The van der Waals surface area contributed by atoms with Crippen LogP contribution in [0.25, 0.3) is 0 Å². The molecule has 0 atom stereocenters. The summed E-state index contributed by atoms with van der Waals surface area (Å²) in [6, 6.07) is 6.94. The molecular formula is C22H24N6O4S. The van der Waals surface area contributed by atoms with E-state index < -0.39 is 5.91 Å². The number of amides is 2. The van der Waals surface area contributed by atoms with Gasteiger partial charge in [-0.1, -0.05) is 17.4 Å². The van der Waals surface area contributed by atoms with Crippen LogP contribution in [0.4, 0.5) is 10.8 Å². The van der Waals surface area contributed by atoms with Gasteiger partial charge in [0.2, 0.25) is 5.91 Å².